The highest BCUT2D eigenvalue weighted by molar-refractivity contribution is 6.07. The van der Waals surface area contributed by atoms with Crippen LogP contribution in [0.1, 0.15) is 15.9 Å². The monoisotopic (exact) mass is 275 g/mol. The first kappa shape index (κ1) is 13.1. The van der Waals surface area contributed by atoms with Crippen molar-refractivity contribution in [2.75, 3.05) is 0 Å². The molecule has 0 bridgehead atoms. The van der Waals surface area contributed by atoms with Gasteiger partial charge in [0.2, 0.25) is 0 Å². The van der Waals surface area contributed by atoms with Crippen LogP contribution in [0.25, 0.3) is 17.0 Å². The van der Waals surface area contributed by atoms with Crippen LogP contribution in [0.5, 0.6) is 5.75 Å². The van der Waals surface area contributed by atoms with Crippen LogP contribution in [-0.4, -0.2) is 15.9 Å². The van der Waals surface area contributed by atoms with Crippen molar-refractivity contribution in [1.29, 1.82) is 0 Å². The fourth-order valence-electron chi connectivity index (χ4n) is 2.07. The molecule has 3 aromatic rings. The third-order valence-electron chi connectivity index (χ3n) is 3.19. The topological polar surface area (TPSA) is 50.2 Å². The number of phenols is 1. The molecule has 1 aromatic heterocycles. The third kappa shape index (κ3) is 2.98. The fourth-order valence-corrected chi connectivity index (χ4v) is 2.07. The lowest BCUT2D eigenvalue weighted by Crippen LogP contribution is -1.93. The molecule has 3 rings (SSSR count). The lowest BCUT2D eigenvalue weighted by molar-refractivity contribution is 0.104. The number of aromatic nitrogens is 1. The number of carbonyl (C=O) groups excluding carboxylic acids is 1. The summed E-state index contributed by atoms with van der Waals surface area (Å²) in [6.45, 7) is 0. The minimum Gasteiger partial charge on any atom is -0.508 e. The molecule has 0 unspecified atom stereocenters. The average molecular weight is 275 g/mol. The maximum Gasteiger partial charge on any atom is 0.185 e. The first-order chi connectivity index (χ1) is 10.2. The molecule has 2 aromatic carbocycles. The lowest BCUT2D eigenvalue weighted by atomic mass is 10.1. The van der Waals surface area contributed by atoms with Crippen LogP contribution in [0, 0.1) is 0 Å². The second kappa shape index (κ2) is 5.59. The Bertz CT molecular complexity index is 820. The summed E-state index contributed by atoms with van der Waals surface area (Å²) in [5, 5.41) is 10.2. The van der Waals surface area contributed by atoms with E-state index < -0.39 is 0 Å². The van der Waals surface area contributed by atoms with Crippen LogP contribution in [-0.2, 0) is 0 Å². The van der Waals surface area contributed by atoms with E-state index in [1.807, 2.05) is 30.3 Å². The normalized spacial score (nSPS) is 11.0. The highest BCUT2D eigenvalue weighted by atomic mass is 16.3. The molecule has 1 N–H and O–H groups in total. The standard InChI is InChI=1S/C18H13NO2/c20-16-8-6-14(7-9-16)18(21)10-5-13-11-15-3-1-2-4-17(15)19-12-13/h1-12,20H/b10-5+. The number of fused-ring (bicyclic) bond motifs is 1. The lowest BCUT2D eigenvalue weighted by Gasteiger charge is -1.99. The van der Waals surface area contributed by atoms with Gasteiger partial charge in [0, 0.05) is 17.1 Å². The Morgan fingerprint density at radius 1 is 1.05 bits per heavy atom. The van der Waals surface area contributed by atoms with E-state index in [1.54, 1.807) is 24.4 Å². The molecule has 0 fully saturated rings. The van der Waals surface area contributed by atoms with Crippen molar-refractivity contribution < 1.29 is 9.90 Å². The van der Waals surface area contributed by atoms with Gasteiger partial charge in [-0.05, 0) is 54.1 Å². The summed E-state index contributed by atoms with van der Waals surface area (Å²) in [4.78, 5) is 16.4. The predicted molar refractivity (Wildman–Crippen MR) is 83.2 cm³/mol. The van der Waals surface area contributed by atoms with Crippen molar-refractivity contribution in [2.24, 2.45) is 0 Å². The molecule has 0 amide bonds. The Morgan fingerprint density at radius 3 is 2.62 bits per heavy atom. The molecular weight excluding hydrogens is 262 g/mol. The van der Waals surface area contributed by atoms with Gasteiger partial charge in [-0.3, -0.25) is 9.78 Å². The molecule has 0 saturated heterocycles. The van der Waals surface area contributed by atoms with Crippen LogP contribution in [0.15, 0.2) is 66.9 Å². The van der Waals surface area contributed by atoms with Crippen molar-refractivity contribution >= 4 is 22.8 Å². The van der Waals surface area contributed by atoms with Gasteiger partial charge in [-0.15, -0.1) is 0 Å². The summed E-state index contributed by atoms with van der Waals surface area (Å²) >= 11 is 0. The molecular formula is C18H13NO2. The van der Waals surface area contributed by atoms with Crippen molar-refractivity contribution in [1.82, 2.24) is 4.98 Å². The van der Waals surface area contributed by atoms with Gasteiger partial charge in [0.25, 0.3) is 0 Å². The number of carbonyl (C=O) groups is 1. The molecule has 0 radical (unpaired) electrons. The number of hydrogen-bond donors (Lipinski definition) is 1. The van der Waals surface area contributed by atoms with Crippen LogP contribution < -0.4 is 0 Å². The van der Waals surface area contributed by atoms with Gasteiger partial charge in [0.05, 0.1) is 5.52 Å². The second-order valence-corrected chi connectivity index (χ2v) is 4.71. The predicted octanol–water partition coefficient (Wildman–Crippen LogP) is 3.84. The number of aromatic hydroxyl groups is 1. The Kier molecular flexibility index (Phi) is 3.48. The number of rotatable bonds is 3. The van der Waals surface area contributed by atoms with E-state index in [9.17, 15) is 9.90 Å². The molecule has 0 aliphatic heterocycles. The second-order valence-electron chi connectivity index (χ2n) is 4.71. The Labute approximate surface area is 122 Å². The number of para-hydroxylation sites is 1. The van der Waals surface area contributed by atoms with Crippen molar-refractivity contribution in [3.63, 3.8) is 0 Å². The Balaban J connectivity index is 1.83. The van der Waals surface area contributed by atoms with Crippen molar-refractivity contribution in [3.05, 3.63) is 78.0 Å². The van der Waals surface area contributed by atoms with E-state index in [4.69, 9.17) is 0 Å². The molecule has 3 heteroatoms. The molecule has 1 heterocycles. The highest BCUT2D eigenvalue weighted by Crippen LogP contribution is 2.15. The summed E-state index contributed by atoms with van der Waals surface area (Å²) in [7, 11) is 0. The number of benzene rings is 2. The summed E-state index contributed by atoms with van der Waals surface area (Å²) in [6.07, 6.45) is 5.00. The van der Waals surface area contributed by atoms with Gasteiger partial charge >= 0.3 is 0 Å². The van der Waals surface area contributed by atoms with Crippen LogP contribution in [0.3, 0.4) is 0 Å². The molecule has 0 aliphatic carbocycles. The molecule has 0 atom stereocenters. The fraction of sp³-hybridized carbons (Fsp3) is 0. The van der Waals surface area contributed by atoms with E-state index in [0.717, 1.165) is 16.5 Å². The number of allylic oxidation sites excluding steroid dienone is 1. The number of phenolic OH excluding ortho intramolecular Hbond substituents is 1. The van der Waals surface area contributed by atoms with E-state index in [0.29, 0.717) is 5.56 Å². The molecule has 21 heavy (non-hydrogen) atoms. The average Bonchev–Trinajstić information content (AvgIpc) is 2.53. The minimum atomic E-state index is -0.108. The van der Waals surface area contributed by atoms with E-state index in [2.05, 4.69) is 4.98 Å². The molecule has 3 nitrogen and oxygen atoms in total. The summed E-state index contributed by atoms with van der Waals surface area (Å²) in [5.41, 5.74) is 2.35. The first-order valence-corrected chi connectivity index (χ1v) is 6.58. The zero-order valence-corrected chi connectivity index (χ0v) is 11.2. The van der Waals surface area contributed by atoms with Gasteiger partial charge < -0.3 is 5.11 Å². The number of hydrogen-bond acceptors (Lipinski definition) is 3. The Hall–Kier alpha value is -2.94. The van der Waals surface area contributed by atoms with Gasteiger partial charge in [0.15, 0.2) is 5.78 Å². The van der Waals surface area contributed by atoms with Gasteiger partial charge in [0.1, 0.15) is 5.75 Å². The number of nitrogens with zero attached hydrogens (tertiary/aromatic N) is 1. The van der Waals surface area contributed by atoms with Crippen molar-refractivity contribution in [2.45, 2.75) is 0 Å². The Morgan fingerprint density at radius 2 is 1.81 bits per heavy atom. The smallest absolute Gasteiger partial charge is 0.185 e. The van der Waals surface area contributed by atoms with E-state index in [-0.39, 0.29) is 11.5 Å². The minimum absolute atomic E-state index is 0.108. The number of ketones is 1. The third-order valence-corrected chi connectivity index (χ3v) is 3.19. The molecule has 102 valence electrons. The summed E-state index contributed by atoms with van der Waals surface area (Å²) in [5.74, 6) is 0.0393. The highest BCUT2D eigenvalue weighted by Gasteiger charge is 2.01. The van der Waals surface area contributed by atoms with Crippen molar-refractivity contribution in [3.8, 4) is 5.75 Å². The largest absolute Gasteiger partial charge is 0.508 e. The number of pyridine rings is 1. The van der Waals surface area contributed by atoms with Gasteiger partial charge in [-0.2, -0.15) is 0 Å². The van der Waals surface area contributed by atoms with Crippen LogP contribution in [0.2, 0.25) is 0 Å². The molecule has 0 spiro atoms. The summed E-state index contributed by atoms with van der Waals surface area (Å²) < 4.78 is 0. The SMILES string of the molecule is O=C(/C=C/c1cnc2ccccc2c1)c1ccc(O)cc1. The van der Waals surface area contributed by atoms with E-state index >= 15 is 0 Å². The van der Waals surface area contributed by atoms with E-state index in [1.165, 1.54) is 18.2 Å². The van der Waals surface area contributed by atoms with Crippen LogP contribution >= 0.6 is 0 Å². The summed E-state index contributed by atoms with van der Waals surface area (Å²) in [6, 6.07) is 16.0. The first-order valence-electron chi connectivity index (χ1n) is 6.58. The molecule has 0 saturated carbocycles. The van der Waals surface area contributed by atoms with Crippen LogP contribution in [0.4, 0.5) is 0 Å². The molecule has 0 aliphatic rings. The quantitative estimate of drug-likeness (QED) is 0.583. The maximum atomic E-state index is 12.0. The zero-order valence-electron chi connectivity index (χ0n) is 11.2. The maximum absolute atomic E-state index is 12.0. The van der Waals surface area contributed by atoms with Gasteiger partial charge in [-0.1, -0.05) is 18.2 Å². The van der Waals surface area contributed by atoms with Gasteiger partial charge in [-0.25, -0.2) is 0 Å². The zero-order chi connectivity index (χ0) is 14.7.